The summed E-state index contributed by atoms with van der Waals surface area (Å²) in [5.41, 5.74) is 0.956. The number of nitriles is 1. The van der Waals surface area contributed by atoms with Gasteiger partial charge in [-0.05, 0) is 34.1 Å². The molecule has 0 N–H and O–H groups in total. The molecule has 1 unspecified atom stereocenters. The van der Waals surface area contributed by atoms with Gasteiger partial charge in [0.1, 0.15) is 18.0 Å². The van der Waals surface area contributed by atoms with Crippen molar-refractivity contribution in [3.05, 3.63) is 17.8 Å². The molecule has 0 amide bonds. The van der Waals surface area contributed by atoms with Crippen LogP contribution >= 0.6 is 0 Å². The Balaban J connectivity index is 3.16. The van der Waals surface area contributed by atoms with Crippen molar-refractivity contribution in [2.24, 2.45) is 0 Å². The van der Waals surface area contributed by atoms with E-state index >= 15 is 0 Å². The average molecular weight is 306 g/mol. The fourth-order valence-electron chi connectivity index (χ4n) is 2.37. The summed E-state index contributed by atoms with van der Waals surface area (Å²) in [5.74, 6) is 1.36. The highest BCUT2D eigenvalue weighted by molar-refractivity contribution is 5.38. The first kappa shape index (κ1) is 18.2. The molecule has 0 radical (unpaired) electrons. The SMILES string of the molecule is COc1cc(OC(C#N)C(N(C)C)N(C)C)c(C(C)C)cn1. The minimum atomic E-state index is -0.630. The first-order valence-electron chi connectivity index (χ1n) is 7.24. The van der Waals surface area contributed by atoms with E-state index in [1.807, 2.05) is 38.0 Å². The van der Waals surface area contributed by atoms with Crippen LogP contribution in [-0.4, -0.2) is 62.4 Å². The monoisotopic (exact) mass is 306 g/mol. The van der Waals surface area contributed by atoms with Crippen LogP contribution in [0.2, 0.25) is 0 Å². The van der Waals surface area contributed by atoms with Gasteiger partial charge in [-0.3, -0.25) is 9.80 Å². The smallest absolute Gasteiger partial charge is 0.216 e. The van der Waals surface area contributed by atoms with Crippen molar-refractivity contribution in [2.75, 3.05) is 35.3 Å². The van der Waals surface area contributed by atoms with Gasteiger partial charge in [0.15, 0.2) is 0 Å². The molecule has 0 aliphatic rings. The van der Waals surface area contributed by atoms with E-state index in [1.54, 1.807) is 19.4 Å². The lowest BCUT2D eigenvalue weighted by Crippen LogP contribution is -2.50. The fourth-order valence-corrected chi connectivity index (χ4v) is 2.37. The number of rotatable bonds is 7. The molecule has 0 saturated carbocycles. The molecule has 1 rings (SSSR count). The molecule has 0 bridgehead atoms. The number of pyridine rings is 1. The van der Waals surface area contributed by atoms with E-state index < -0.39 is 6.10 Å². The first-order chi connectivity index (χ1) is 10.3. The Morgan fingerprint density at radius 3 is 2.18 bits per heavy atom. The molecule has 122 valence electrons. The average Bonchev–Trinajstić information content (AvgIpc) is 2.45. The second kappa shape index (κ2) is 7.97. The van der Waals surface area contributed by atoms with E-state index in [1.165, 1.54) is 0 Å². The predicted octanol–water partition coefficient (Wildman–Crippen LogP) is 1.93. The van der Waals surface area contributed by atoms with Crippen LogP contribution in [0.3, 0.4) is 0 Å². The van der Waals surface area contributed by atoms with E-state index in [9.17, 15) is 5.26 Å². The number of hydrogen-bond donors (Lipinski definition) is 0. The standard InChI is InChI=1S/C16H26N4O2/c1-11(2)12-10-18-15(21-7)8-13(12)22-14(9-17)16(19(3)4)20(5)6/h8,10-11,14,16H,1-7H3. The second-order valence-corrected chi connectivity index (χ2v) is 5.93. The van der Waals surface area contributed by atoms with Crippen LogP contribution in [-0.2, 0) is 0 Å². The molecule has 6 heteroatoms. The summed E-state index contributed by atoms with van der Waals surface area (Å²) < 4.78 is 11.2. The van der Waals surface area contributed by atoms with Gasteiger partial charge in [-0.25, -0.2) is 4.98 Å². The maximum absolute atomic E-state index is 9.54. The molecule has 6 nitrogen and oxygen atoms in total. The Morgan fingerprint density at radius 1 is 1.18 bits per heavy atom. The molecule has 0 aliphatic heterocycles. The van der Waals surface area contributed by atoms with Crippen LogP contribution in [0.25, 0.3) is 0 Å². The zero-order valence-corrected chi connectivity index (χ0v) is 14.5. The van der Waals surface area contributed by atoms with E-state index in [2.05, 4.69) is 24.9 Å². The third kappa shape index (κ3) is 4.33. The Labute approximate surface area is 133 Å². The Morgan fingerprint density at radius 2 is 1.77 bits per heavy atom. The minimum Gasteiger partial charge on any atom is -0.481 e. The number of aromatic nitrogens is 1. The molecular weight excluding hydrogens is 280 g/mol. The molecule has 22 heavy (non-hydrogen) atoms. The van der Waals surface area contributed by atoms with Gasteiger partial charge in [0.25, 0.3) is 0 Å². The number of likely N-dealkylation sites (N-methyl/N-ethyl adjacent to an activating group) is 2. The highest BCUT2D eigenvalue weighted by atomic mass is 16.5. The molecule has 0 fully saturated rings. The van der Waals surface area contributed by atoms with Crippen LogP contribution in [0.15, 0.2) is 12.3 Å². The summed E-state index contributed by atoms with van der Waals surface area (Å²) in [6, 6.07) is 3.99. The number of hydrogen-bond acceptors (Lipinski definition) is 6. The van der Waals surface area contributed by atoms with Gasteiger partial charge in [-0.1, -0.05) is 13.8 Å². The molecule has 1 atom stereocenters. The van der Waals surface area contributed by atoms with Gasteiger partial charge < -0.3 is 9.47 Å². The topological polar surface area (TPSA) is 61.6 Å². The van der Waals surface area contributed by atoms with Crippen molar-refractivity contribution >= 4 is 0 Å². The van der Waals surface area contributed by atoms with Crippen LogP contribution in [0, 0.1) is 11.3 Å². The molecule has 0 aromatic carbocycles. The number of ether oxygens (including phenoxy) is 2. The largest absolute Gasteiger partial charge is 0.481 e. The predicted molar refractivity (Wildman–Crippen MR) is 86.1 cm³/mol. The van der Waals surface area contributed by atoms with Crippen LogP contribution in [0.4, 0.5) is 0 Å². The van der Waals surface area contributed by atoms with Gasteiger partial charge in [-0.15, -0.1) is 0 Å². The lowest BCUT2D eigenvalue weighted by atomic mass is 10.0. The third-order valence-corrected chi connectivity index (χ3v) is 3.41. The van der Waals surface area contributed by atoms with Crippen molar-refractivity contribution in [3.8, 4) is 17.7 Å². The summed E-state index contributed by atoms with van der Waals surface area (Å²) >= 11 is 0. The summed E-state index contributed by atoms with van der Waals surface area (Å²) in [4.78, 5) is 8.14. The lowest BCUT2D eigenvalue weighted by molar-refractivity contribution is 0.0401. The van der Waals surface area contributed by atoms with Gasteiger partial charge in [0.2, 0.25) is 12.0 Å². The summed E-state index contributed by atoms with van der Waals surface area (Å²) in [7, 11) is 9.26. The zero-order valence-electron chi connectivity index (χ0n) is 14.5. The summed E-state index contributed by atoms with van der Waals surface area (Å²) in [5, 5.41) is 9.54. The van der Waals surface area contributed by atoms with Crippen molar-refractivity contribution in [1.82, 2.24) is 14.8 Å². The highest BCUT2D eigenvalue weighted by Crippen LogP contribution is 2.30. The van der Waals surface area contributed by atoms with Crippen LogP contribution in [0.1, 0.15) is 25.3 Å². The van der Waals surface area contributed by atoms with Crippen molar-refractivity contribution in [3.63, 3.8) is 0 Å². The molecule has 1 heterocycles. The number of methoxy groups -OCH3 is 1. The van der Waals surface area contributed by atoms with Gasteiger partial charge in [0.05, 0.1) is 7.11 Å². The maximum Gasteiger partial charge on any atom is 0.216 e. The minimum absolute atomic E-state index is 0.163. The molecule has 0 saturated heterocycles. The summed E-state index contributed by atoms with van der Waals surface area (Å²) in [6.07, 6.45) is 0.951. The third-order valence-electron chi connectivity index (χ3n) is 3.41. The molecule has 0 aliphatic carbocycles. The van der Waals surface area contributed by atoms with E-state index in [-0.39, 0.29) is 12.1 Å². The lowest BCUT2D eigenvalue weighted by Gasteiger charge is -2.34. The van der Waals surface area contributed by atoms with Gasteiger partial charge >= 0.3 is 0 Å². The van der Waals surface area contributed by atoms with Crippen molar-refractivity contribution < 1.29 is 9.47 Å². The summed E-state index contributed by atoms with van der Waals surface area (Å²) in [6.45, 7) is 4.13. The zero-order chi connectivity index (χ0) is 16.9. The van der Waals surface area contributed by atoms with Crippen LogP contribution < -0.4 is 9.47 Å². The number of nitrogens with zero attached hydrogens (tertiary/aromatic N) is 4. The first-order valence-corrected chi connectivity index (χ1v) is 7.24. The highest BCUT2D eigenvalue weighted by Gasteiger charge is 2.28. The Bertz CT molecular complexity index is 515. The molecule has 1 aromatic heterocycles. The fraction of sp³-hybridized carbons (Fsp3) is 0.625. The molecular formula is C16H26N4O2. The van der Waals surface area contributed by atoms with E-state index in [0.29, 0.717) is 11.6 Å². The van der Waals surface area contributed by atoms with E-state index in [4.69, 9.17) is 9.47 Å². The molecule has 0 spiro atoms. The van der Waals surface area contributed by atoms with E-state index in [0.717, 1.165) is 5.56 Å². The Hall–Kier alpha value is -1.84. The second-order valence-electron chi connectivity index (χ2n) is 5.93. The van der Waals surface area contributed by atoms with Crippen molar-refractivity contribution in [1.29, 1.82) is 5.26 Å². The normalized spacial score (nSPS) is 12.8. The van der Waals surface area contributed by atoms with Gasteiger partial charge in [-0.2, -0.15) is 5.26 Å². The van der Waals surface area contributed by atoms with Crippen LogP contribution in [0.5, 0.6) is 11.6 Å². The van der Waals surface area contributed by atoms with Gasteiger partial charge in [0, 0.05) is 17.8 Å². The Kier molecular flexibility index (Phi) is 6.60. The molecule has 1 aromatic rings. The maximum atomic E-state index is 9.54. The van der Waals surface area contributed by atoms with Crippen molar-refractivity contribution in [2.45, 2.75) is 32.0 Å². The quantitative estimate of drug-likeness (QED) is 0.717.